The summed E-state index contributed by atoms with van der Waals surface area (Å²) in [5.74, 6) is 0.384. The summed E-state index contributed by atoms with van der Waals surface area (Å²) in [6, 6.07) is 12.0. The summed E-state index contributed by atoms with van der Waals surface area (Å²) in [6.07, 6.45) is 3.38. The maximum absolute atomic E-state index is 10.3. The van der Waals surface area contributed by atoms with Gasteiger partial charge >= 0.3 is 0 Å². The summed E-state index contributed by atoms with van der Waals surface area (Å²) < 4.78 is 5.73. The van der Waals surface area contributed by atoms with E-state index < -0.39 is 0 Å². The first-order valence-corrected chi connectivity index (χ1v) is 6.18. The Kier molecular flexibility index (Phi) is 2.73. The zero-order chi connectivity index (χ0) is 11.7. The average Bonchev–Trinajstić information content (AvgIpc) is 2.40. The van der Waals surface area contributed by atoms with Crippen LogP contribution in [0.4, 0.5) is 0 Å². The van der Waals surface area contributed by atoms with Gasteiger partial charge in [-0.25, -0.2) is 0 Å². The minimum Gasteiger partial charge on any atom is -0.507 e. The molecule has 1 atom stereocenters. The van der Waals surface area contributed by atoms with Crippen LogP contribution in [0, 0.1) is 0 Å². The SMILES string of the molecule is Oc1c(C2CCCCO2)ccc2ccccc12. The Bertz CT molecular complexity index is 527. The largest absolute Gasteiger partial charge is 0.507 e. The average molecular weight is 228 g/mol. The predicted octanol–water partition coefficient (Wildman–Crippen LogP) is 3.79. The lowest BCUT2D eigenvalue weighted by Gasteiger charge is -2.24. The van der Waals surface area contributed by atoms with Crippen LogP contribution in [0.25, 0.3) is 10.8 Å². The first-order chi connectivity index (χ1) is 8.36. The third-order valence-corrected chi connectivity index (χ3v) is 3.46. The van der Waals surface area contributed by atoms with Crippen molar-refractivity contribution >= 4 is 10.8 Å². The molecule has 1 unspecified atom stereocenters. The van der Waals surface area contributed by atoms with Gasteiger partial charge in [-0.1, -0.05) is 36.4 Å². The first kappa shape index (κ1) is 10.6. The Labute approximate surface area is 101 Å². The van der Waals surface area contributed by atoms with E-state index >= 15 is 0 Å². The molecular formula is C15H16O2. The molecule has 88 valence electrons. The number of benzene rings is 2. The van der Waals surface area contributed by atoms with Crippen molar-refractivity contribution in [1.29, 1.82) is 0 Å². The second-order valence-electron chi connectivity index (χ2n) is 4.58. The monoisotopic (exact) mass is 228 g/mol. The molecule has 0 bridgehead atoms. The molecule has 1 saturated heterocycles. The summed E-state index contributed by atoms with van der Waals surface area (Å²) in [6.45, 7) is 0.803. The van der Waals surface area contributed by atoms with Crippen LogP contribution in [0.15, 0.2) is 36.4 Å². The second kappa shape index (κ2) is 4.38. The van der Waals surface area contributed by atoms with Crippen LogP contribution in [0.3, 0.4) is 0 Å². The molecule has 17 heavy (non-hydrogen) atoms. The summed E-state index contributed by atoms with van der Waals surface area (Å²) in [5, 5.41) is 12.3. The number of rotatable bonds is 1. The van der Waals surface area contributed by atoms with Gasteiger partial charge in [-0.15, -0.1) is 0 Å². The number of aromatic hydroxyl groups is 1. The van der Waals surface area contributed by atoms with Crippen molar-refractivity contribution in [3.05, 3.63) is 42.0 Å². The van der Waals surface area contributed by atoms with Crippen molar-refractivity contribution in [1.82, 2.24) is 0 Å². The number of phenols is 1. The Balaban J connectivity index is 2.07. The fraction of sp³-hybridized carbons (Fsp3) is 0.333. The van der Waals surface area contributed by atoms with Crippen LogP contribution < -0.4 is 0 Å². The molecule has 1 N–H and O–H groups in total. The van der Waals surface area contributed by atoms with E-state index in [1.807, 2.05) is 30.3 Å². The molecule has 1 heterocycles. The number of ether oxygens (including phenoxy) is 1. The van der Waals surface area contributed by atoms with Gasteiger partial charge in [-0.2, -0.15) is 0 Å². The second-order valence-corrected chi connectivity index (χ2v) is 4.58. The molecule has 0 saturated carbocycles. The zero-order valence-corrected chi connectivity index (χ0v) is 9.73. The van der Waals surface area contributed by atoms with Gasteiger partial charge in [-0.05, 0) is 24.6 Å². The molecule has 1 aliphatic rings. The summed E-state index contributed by atoms with van der Waals surface area (Å²) >= 11 is 0. The molecule has 2 nitrogen and oxygen atoms in total. The molecule has 1 fully saturated rings. The third-order valence-electron chi connectivity index (χ3n) is 3.46. The zero-order valence-electron chi connectivity index (χ0n) is 9.73. The van der Waals surface area contributed by atoms with E-state index in [0.717, 1.165) is 35.8 Å². The molecule has 0 radical (unpaired) electrons. The van der Waals surface area contributed by atoms with E-state index in [0.29, 0.717) is 5.75 Å². The molecule has 2 aromatic carbocycles. The van der Waals surface area contributed by atoms with Gasteiger partial charge < -0.3 is 9.84 Å². The van der Waals surface area contributed by atoms with Crippen molar-refractivity contribution in [2.45, 2.75) is 25.4 Å². The van der Waals surface area contributed by atoms with Crippen LogP contribution in [0.5, 0.6) is 5.75 Å². The van der Waals surface area contributed by atoms with Crippen molar-refractivity contribution in [2.24, 2.45) is 0 Å². The molecule has 2 heteroatoms. The molecule has 0 amide bonds. The highest BCUT2D eigenvalue weighted by atomic mass is 16.5. The van der Waals surface area contributed by atoms with Crippen LogP contribution in [-0.4, -0.2) is 11.7 Å². The van der Waals surface area contributed by atoms with Crippen LogP contribution in [0.2, 0.25) is 0 Å². The first-order valence-electron chi connectivity index (χ1n) is 6.18. The maximum atomic E-state index is 10.3. The van der Waals surface area contributed by atoms with E-state index in [2.05, 4.69) is 6.07 Å². The fourth-order valence-electron chi connectivity index (χ4n) is 2.52. The Morgan fingerprint density at radius 3 is 2.76 bits per heavy atom. The van der Waals surface area contributed by atoms with Gasteiger partial charge in [0, 0.05) is 17.6 Å². The van der Waals surface area contributed by atoms with Crippen LogP contribution in [0.1, 0.15) is 30.9 Å². The lowest BCUT2D eigenvalue weighted by Crippen LogP contribution is -2.11. The molecule has 0 spiro atoms. The van der Waals surface area contributed by atoms with Gasteiger partial charge in [0.15, 0.2) is 0 Å². The van der Waals surface area contributed by atoms with Crippen molar-refractivity contribution in [3.63, 3.8) is 0 Å². The molecule has 0 aliphatic carbocycles. The summed E-state index contributed by atoms with van der Waals surface area (Å²) in [4.78, 5) is 0. The highest BCUT2D eigenvalue weighted by molar-refractivity contribution is 5.89. The van der Waals surface area contributed by atoms with Crippen molar-refractivity contribution in [2.75, 3.05) is 6.61 Å². The van der Waals surface area contributed by atoms with Crippen LogP contribution in [-0.2, 0) is 4.74 Å². The van der Waals surface area contributed by atoms with Gasteiger partial charge in [0.05, 0.1) is 6.10 Å². The molecule has 3 rings (SSSR count). The summed E-state index contributed by atoms with van der Waals surface area (Å²) in [7, 11) is 0. The molecule has 0 aromatic heterocycles. The van der Waals surface area contributed by atoms with Crippen molar-refractivity contribution in [3.8, 4) is 5.75 Å². The van der Waals surface area contributed by atoms with E-state index in [9.17, 15) is 5.11 Å². The highest BCUT2D eigenvalue weighted by Gasteiger charge is 2.20. The number of fused-ring (bicyclic) bond motifs is 1. The topological polar surface area (TPSA) is 29.5 Å². The van der Waals surface area contributed by atoms with Gasteiger partial charge in [-0.3, -0.25) is 0 Å². The molecule has 2 aromatic rings. The lowest BCUT2D eigenvalue weighted by atomic mass is 9.97. The van der Waals surface area contributed by atoms with Gasteiger partial charge in [0.2, 0.25) is 0 Å². The van der Waals surface area contributed by atoms with Crippen molar-refractivity contribution < 1.29 is 9.84 Å². The van der Waals surface area contributed by atoms with E-state index in [1.165, 1.54) is 6.42 Å². The standard InChI is InChI=1S/C15H16O2/c16-15-12-6-2-1-5-11(12)8-9-13(15)14-7-3-4-10-17-14/h1-2,5-6,8-9,14,16H,3-4,7,10H2. The lowest BCUT2D eigenvalue weighted by molar-refractivity contribution is 0.0138. The number of hydrogen-bond acceptors (Lipinski definition) is 2. The Morgan fingerprint density at radius 2 is 1.94 bits per heavy atom. The van der Waals surface area contributed by atoms with Crippen LogP contribution >= 0.6 is 0 Å². The number of phenolic OH excluding ortho intramolecular Hbond substituents is 1. The molecule has 1 aliphatic heterocycles. The Morgan fingerprint density at radius 1 is 1.06 bits per heavy atom. The van der Waals surface area contributed by atoms with Gasteiger partial charge in [0.25, 0.3) is 0 Å². The third kappa shape index (κ3) is 1.89. The van der Waals surface area contributed by atoms with E-state index in [1.54, 1.807) is 0 Å². The maximum Gasteiger partial charge on any atom is 0.129 e. The molecular weight excluding hydrogens is 212 g/mol. The minimum atomic E-state index is 0.0633. The Hall–Kier alpha value is -1.54. The van der Waals surface area contributed by atoms with E-state index in [-0.39, 0.29) is 6.10 Å². The quantitative estimate of drug-likeness (QED) is 0.804. The fourth-order valence-corrected chi connectivity index (χ4v) is 2.52. The normalized spacial score (nSPS) is 20.6. The van der Waals surface area contributed by atoms with Gasteiger partial charge in [0.1, 0.15) is 5.75 Å². The smallest absolute Gasteiger partial charge is 0.129 e. The summed E-state index contributed by atoms with van der Waals surface area (Å²) in [5.41, 5.74) is 0.934. The minimum absolute atomic E-state index is 0.0633. The number of hydrogen-bond donors (Lipinski definition) is 1. The predicted molar refractivity (Wildman–Crippen MR) is 68.2 cm³/mol. The highest BCUT2D eigenvalue weighted by Crippen LogP contribution is 2.37. The van der Waals surface area contributed by atoms with E-state index in [4.69, 9.17) is 4.74 Å².